The molecule has 122 valence electrons. The molecule has 23 heavy (non-hydrogen) atoms. The summed E-state index contributed by atoms with van der Waals surface area (Å²) in [6, 6.07) is 18.0. The van der Waals surface area contributed by atoms with Gasteiger partial charge in [-0.3, -0.25) is 0 Å². The number of methoxy groups -OCH3 is 1. The van der Waals surface area contributed by atoms with Crippen molar-refractivity contribution in [2.45, 2.75) is 35.7 Å². The summed E-state index contributed by atoms with van der Waals surface area (Å²) >= 11 is 1.81. The summed E-state index contributed by atoms with van der Waals surface area (Å²) in [5, 5.41) is 3.55. The van der Waals surface area contributed by atoms with Crippen molar-refractivity contribution in [1.29, 1.82) is 0 Å². The van der Waals surface area contributed by atoms with Crippen LogP contribution in [0.15, 0.2) is 58.3 Å². The molecular weight excluding hydrogens is 304 g/mol. The molecule has 0 amide bonds. The third-order valence-corrected chi connectivity index (χ3v) is 5.30. The summed E-state index contributed by atoms with van der Waals surface area (Å²) in [6.45, 7) is 6.61. The van der Waals surface area contributed by atoms with Gasteiger partial charge in [-0.05, 0) is 50.2 Å². The van der Waals surface area contributed by atoms with E-state index in [-0.39, 0.29) is 0 Å². The predicted molar refractivity (Wildman–Crippen MR) is 97.8 cm³/mol. The second kappa shape index (κ2) is 7.28. The lowest BCUT2D eigenvalue weighted by atomic mass is 10.1. The van der Waals surface area contributed by atoms with Crippen molar-refractivity contribution in [3.05, 3.63) is 48.5 Å². The monoisotopic (exact) mass is 328 g/mol. The van der Waals surface area contributed by atoms with Gasteiger partial charge >= 0.3 is 0 Å². The maximum Gasteiger partial charge on any atom is 0.118 e. The third kappa shape index (κ3) is 3.82. The number of anilines is 1. The summed E-state index contributed by atoms with van der Waals surface area (Å²) in [5.74, 6) is 0.896. The highest BCUT2D eigenvalue weighted by molar-refractivity contribution is 7.99. The molecule has 2 aromatic rings. The minimum atomic E-state index is 0.504. The number of nitrogens with one attached hydrogen (secondary N) is 1. The third-order valence-electron chi connectivity index (χ3n) is 4.23. The normalized spacial score (nSPS) is 21.3. The van der Waals surface area contributed by atoms with E-state index in [1.807, 2.05) is 23.9 Å². The van der Waals surface area contributed by atoms with Crippen molar-refractivity contribution in [2.75, 3.05) is 25.1 Å². The maximum absolute atomic E-state index is 5.24. The quantitative estimate of drug-likeness (QED) is 0.916. The molecular formula is C19H24N2OS. The first-order valence-electron chi connectivity index (χ1n) is 8.08. The number of ether oxygens (including phenoxy) is 1. The highest BCUT2D eigenvalue weighted by Gasteiger charge is 2.24. The molecule has 0 aromatic heterocycles. The van der Waals surface area contributed by atoms with Gasteiger partial charge in [0.15, 0.2) is 0 Å². The van der Waals surface area contributed by atoms with Gasteiger partial charge in [-0.1, -0.05) is 23.9 Å². The molecule has 1 fully saturated rings. The summed E-state index contributed by atoms with van der Waals surface area (Å²) < 4.78 is 5.24. The Morgan fingerprint density at radius 1 is 1.09 bits per heavy atom. The molecule has 1 saturated heterocycles. The first kappa shape index (κ1) is 16.2. The number of benzene rings is 2. The molecule has 2 aromatic carbocycles. The van der Waals surface area contributed by atoms with Crippen LogP contribution in [0.2, 0.25) is 0 Å². The van der Waals surface area contributed by atoms with Gasteiger partial charge in [0.25, 0.3) is 0 Å². The van der Waals surface area contributed by atoms with Crippen molar-refractivity contribution in [3.63, 3.8) is 0 Å². The van der Waals surface area contributed by atoms with E-state index in [0.29, 0.717) is 12.1 Å². The Morgan fingerprint density at radius 2 is 1.83 bits per heavy atom. The number of piperazine rings is 1. The van der Waals surface area contributed by atoms with Crippen LogP contribution in [0.3, 0.4) is 0 Å². The molecule has 0 aliphatic carbocycles. The summed E-state index contributed by atoms with van der Waals surface area (Å²) in [5.41, 5.74) is 1.33. The van der Waals surface area contributed by atoms with E-state index < -0.39 is 0 Å². The van der Waals surface area contributed by atoms with Crippen LogP contribution in [0.1, 0.15) is 13.8 Å². The number of para-hydroxylation sites is 1. The lowest BCUT2D eigenvalue weighted by molar-refractivity contribution is 0.414. The van der Waals surface area contributed by atoms with Crippen molar-refractivity contribution < 1.29 is 4.74 Å². The van der Waals surface area contributed by atoms with Crippen LogP contribution >= 0.6 is 11.8 Å². The molecule has 1 N–H and O–H groups in total. The Kier molecular flexibility index (Phi) is 5.13. The van der Waals surface area contributed by atoms with Gasteiger partial charge in [0.1, 0.15) is 5.75 Å². The highest BCUT2D eigenvalue weighted by atomic mass is 32.2. The fourth-order valence-electron chi connectivity index (χ4n) is 2.91. The first-order chi connectivity index (χ1) is 11.2. The molecule has 3 rings (SSSR count). The molecule has 4 heteroatoms. The van der Waals surface area contributed by atoms with Gasteiger partial charge in [-0.25, -0.2) is 0 Å². The van der Waals surface area contributed by atoms with Gasteiger partial charge in [-0.2, -0.15) is 0 Å². The molecule has 1 heterocycles. The number of hydrogen-bond donors (Lipinski definition) is 1. The zero-order chi connectivity index (χ0) is 16.2. The SMILES string of the molecule is COc1ccc(Sc2ccccc2N2CC(C)NCC2C)cc1. The van der Waals surface area contributed by atoms with Gasteiger partial charge in [0, 0.05) is 35.0 Å². The number of nitrogens with zero attached hydrogens (tertiary/aromatic N) is 1. The summed E-state index contributed by atoms with van der Waals surface area (Å²) in [4.78, 5) is 5.06. The molecule has 2 atom stereocenters. The fraction of sp³-hybridized carbons (Fsp3) is 0.368. The van der Waals surface area contributed by atoms with E-state index in [1.165, 1.54) is 15.5 Å². The topological polar surface area (TPSA) is 24.5 Å². The van der Waals surface area contributed by atoms with Crippen LogP contribution in [0, 0.1) is 0 Å². The summed E-state index contributed by atoms with van der Waals surface area (Å²) in [6.07, 6.45) is 0. The van der Waals surface area contributed by atoms with E-state index in [1.54, 1.807) is 7.11 Å². The van der Waals surface area contributed by atoms with Crippen molar-refractivity contribution in [1.82, 2.24) is 5.32 Å². The zero-order valence-electron chi connectivity index (χ0n) is 14.0. The second-order valence-electron chi connectivity index (χ2n) is 6.06. The van der Waals surface area contributed by atoms with E-state index in [4.69, 9.17) is 4.74 Å². The Hall–Kier alpha value is -1.65. The zero-order valence-corrected chi connectivity index (χ0v) is 14.8. The smallest absolute Gasteiger partial charge is 0.118 e. The maximum atomic E-state index is 5.24. The number of hydrogen-bond acceptors (Lipinski definition) is 4. The van der Waals surface area contributed by atoms with Crippen molar-refractivity contribution in [3.8, 4) is 5.75 Å². The van der Waals surface area contributed by atoms with Crippen LogP contribution in [-0.2, 0) is 0 Å². The van der Waals surface area contributed by atoms with Crippen molar-refractivity contribution in [2.24, 2.45) is 0 Å². The molecule has 3 nitrogen and oxygen atoms in total. The predicted octanol–water partition coefficient (Wildman–Crippen LogP) is 4.03. The minimum absolute atomic E-state index is 0.504. The Morgan fingerprint density at radius 3 is 2.57 bits per heavy atom. The van der Waals surface area contributed by atoms with Crippen LogP contribution in [0.5, 0.6) is 5.75 Å². The molecule has 2 unspecified atom stereocenters. The van der Waals surface area contributed by atoms with Crippen molar-refractivity contribution >= 4 is 17.4 Å². The standard InChI is InChI=1S/C19H24N2OS/c1-14-13-21(15(2)12-20-14)18-6-4-5-7-19(18)23-17-10-8-16(22-3)9-11-17/h4-11,14-15,20H,12-13H2,1-3H3. The van der Waals surface area contributed by atoms with Crippen LogP contribution in [0.25, 0.3) is 0 Å². The molecule has 0 spiro atoms. The van der Waals surface area contributed by atoms with Gasteiger partial charge in [0.05, 0.1) is 12.8 Å². The van der Waals surface area contributed by atoms with E-state index in [9.17, 15) is 0 Å². The highest BCUT2D eigenvalue weighted by Crippen LogP contribution is 2.37. The number of rotatable bonds is 4. The average molecular weight is 328 g/mol. The van der Waals surface area contributed by atoms with Crippen LogP contribution in [0.4, 0.5) is 5.69 Å². The lowest BCUT2D eigenvalue weighted by Gasteiger charge is -2.40. The summed E-state index contributed by atoms with van der Waals surface area (Å²) in [7, 11) is 1.70. The Labute approximate surface area is 143 Å². The van der Waals surface area contributed by atoms with Crippen LogP contribution < -0.4 is 15.0 Å². The molecule has 0 radical (unpaired) electrons. The fourth-order valence-corrected chi connectivity index (χ4v) is 3.87. The molecule has 0 bridgehead atoms. The van der Waals surface area contributed by atoms with Gasteiger partial charge in [-0.15, -0.1) is 0 Å². The average Bonchev–Trinajstić information content (AvgIpc) is 2.58. The molecule has 0 saturated carbocycles. The van der Waals surface area contributed by atoms with Gasteiger partial charge in [0.2, 0.25) is 0 Å². The van der Waals surface area contributed by atoms with Gasteiger partial charge < -0.3 is 15.0 Å². The van der Waals surface area contributed by atoms with E-state index in [2.05, 4.69) is 60.5 Å². The molecule has 1 aliphatic rings. The Bertz CT molecular complexity index is 644. The Balaban J connectivity index is 1.85. The molecule has 1 aliphatic heterocycles. The largest absolute Gasteiger partial charge is 0.497 e. The van der Waals surface area contributed by atoms with E-state index >= 15 is 0 Å². The second-order valence-corrected chi connectivity index (χ2v) is 7.17. The van der Waals surface area contributed by atoms with E-state index in [0.717, 1.165) is 18.8 Å². The first-order valence-corrected chi connectivity index (χ1v) is 8.90. The van der Waals surface area contributed by atoms with Crippen LogP contribution in [-0.4, -0.2) is 32.3 Å². The minimum Gasteiger partial charge on any atom is -0.497 e. The lowest BCUT2D eigenvalue weighted by Crippen LogP contribution is -2.54.